The van der Waals surface area contributed by atoms with E-state index < -0.39 is 6.04 Å². The highest BCUT2D eigenvalue weighted by Gasteiger charge is 2.18. The summed E-state index contributed by atoms with van der Waals surface area (Å²) in [6, 6.07) is 3.43. The van der Waals surface area contributed by atoms with E-state index >= 15 is 0 Å². The van der Waals surface area contributed by atoms with Crippen molar-refractivity contribution in [1.82, 2.24) is 10.3 Å². The van der Waals surface area contributed by atoms with Crippen molar-refractivity contribution in [2.75, 3.05) is 31.2 Å². The van der Waals surface area contributed by atoms with Crippen molar-refractivity contribution in [3.05, 3.63) is 23.9 Å². The zero-order valence-corrected chi connectivity index (χ0v) is 15.9. The molecule has 3 N–H and O–H groups in total. The monoisotopic (exact) mass is 378 g/mol. The first-order chi connectivity index (χ1) is 10.6. The molecule has 1 saturated heterocycles. The van der Waals surface area contributed by atoms with Crippen LogP contribution >= 0.6 is 24.8 Å². The molecule has 1 aromatic rings. The number of nitrogens with one attached hydrogen (secondary N) is 1. The first-order valence-electron chi connectivity index (χ1n) is 7.87. The molecule has 2 heterocycles. The molecule has 0 aliphatic carbocycles. The van der Waals surface area contributed by atoms with Crippen LogP contribution in [0.4, 0.5) is 5.82 Å². The molecule has 1 amide bonds. The Morgan fingerprint density at radius 2 is 2.04 bits per heavy atom. The molecule has 0 saturated carbocycles. The summed E-state index contributed by atoms with van der Waals surface area (Å²) < 4.78 is 5.37. The molecule has 0 radical (unpaired) electrons. The molecule has 0 unspecified atom stereocenters. The molecule has 1 atom stereocenters. The second kappa shape index (κ2) is 11.5. The Hall–Kier alpha value is -1.08. The number of hydrogen-bond donors (Lipinski definition) is 2. The molecule has 2 rings (SSSR count). The van der Waals surface area contributed by atoms with E-state index in [9.17, 15) is 4.79 Å². The molecule has 0 spiro atoms. The lowest BCUT2D eigenvalue weighted by Crippen LogP contribution is -2.41. The second-order valence-electron chi connectivity index (χ2n) is 6.04. The van der Waals surface area contributed by atoms with E-state index in [1.54, 1.807) is 6.20 Å². The number of rotatable bonds is 6. The molecule has 0 aromatic carbocycles. The number of hydrogen-bond acceptors (Lipinski definition) is 5. The van der Waals surface area contributed by atoms with Crippen molar-refractivity contribution < 1.29 is 9.53 Å². The minimum atomic E-state index is -0.455. The number of amides is 1. The summed E-state index contributed by atoms with van der Waals surface area (Å²) in [4.78, 5) is 18.7. The number of nitrogens with two attached hydrogens (primary N) is 1. The largest absolute Gasteiger partial charge is 0.378 e. The number of anilines is 1. The van der Waals surface area contributed by atoms with Crippen LogP contribution in [0.15, 0.2) is 18.3 Å². The zero-order chi connectivity index (χ0) is 15.9. The molecule has 24 heavy (non-hydrogen) atoms. The van der Waals surface area contributed by atoms with E-state index in [4.69, 9.17) is 10.5 Å². The van der Waals surface area contributed by atoms with Crippen LogP contribution in [0.25, 0.3) is 0 Å². The SMILES string of the molecule is CC(C)C[C@H](N)C(=O)NCc1cccnc1N1CCOCC1.Cl.Cl. The first kappa shape index (κ1) is 22.9. The van der Waals surface area contributed by atoms with Crippen molar-refractivity contribution in [3.63, 3.8) is 0 Å². The number of aromatic nitrogens is 1. The highest BCUT2D eigenvalue weighted by molar-refractivity contribution is 5.85. The van der Waals surface area contributed by atoms with Crippen LogP contribution in [0.1, 0.15) is 25.8 Å². The molecule has 6 nitrogen and oxygen atoms in total. The van der Waals surface area contributed by atoms with E-state index in [0.717, 1.165) is 24.5 Å². The van der Waals surface area contributed by atoms with Gasteiger partial charge in [-0.1, -0.05) is 19.9 Å². The fraction of sp³-hybridized carbons (Fsp3) is 0.625. The number of halogens is 2. The summed E-state index contributed by atoms with van der Waals surface area (Å²) >= 11 is 0. The van der Waals surface area contributed by atoms with Gasteiger partial charge in [0.05, 0.1) is 19.3 Å². The van der Waals surface area contributed by atoms with Crippen molar-refractivity contribution >= 4 is 36.5 Å². The Balaban J connectivity index is 0.00000264. The first-order valence-corrected chi connectivity index (χ1v) is 7.87. The number of pyridine rings is 1. The summed E-state index contributed by atoms with van der Waals surface area (Å²) in [5.41, 5.74) is 6.92. The Morgan fingerprint density at radius 3 is 2.67 bits per heavy atom. The fourth-order valence-corrected chi connectivity index (χ4v) is 2.56. The Morgan fingerprint density at radius 1 is 1.38 bits per heavy atom. The van der Waals surface area contributed by atoms with Crippen LogP contribution in [-0.2, 0) is 16.1 Å². The van der Waals surface area contributed by atoms with Gasteiger partial charge in [0.25, 0.3) is 0 Å². The normalized spacial score (nSPS) is 15.2. The van der Waals surface area contributed by atoms with Gasteiger partial charge in [-0.15, -0.1) is 24.8 Å². The zero-order valence-electron chi connectivity index (χ0n) is 14.2. The second-order valence-corrected chi connectivity index (χ2v) is 6.04. The van der Waals surface area contributed by atoms with Crippen LogP contribution in [-0.4, -0.2) is 43.2 Å². The maximum Gasteiger partial charge on any atom is 0.237 e. The van der Waals surface area contributed by atoms with Crippen molar-refractivity contribution in [2.24, 2.45) is 11.7 Å². The van der Waals surface area contributed by atoms with Crippen molar-refractivity contribution in [2.45, 2.75) is 32.9 Å². The molecular formula is C16H28Cl2N4O2. The van der Waals surface area contributed by atoms with Gasteiger partial charge in [0.2, 0.25) is 5.91 Å². The summed E-state index contributed by atoms with van der Waals surface area (Å²) in [5.74, 6) is 1.22. The minimum Gasteiger partial charge on any atom is -0.378 e. The molecular weight excluding hydrogens is 351 g/mol. The maximum absolute atomic E-state index is 12.0. The van der Waals surface area contributed by atoms with Crippen LogP contribution in [0.2, 0.25) is 0 Å². The maximum atomic E-state index is 12.0. The van der Waals surface area contributed by atoms with Crippen LogP contribution < -0.4 is 16.0 Å². The molecule has 8 heteroatoms. The smallest absolute Gasteiger partial charge is 0.237 e. The number of morpholine rings is 1. The van der Waals surface area contributed by atoms with E-state index in [1.165, 1.54) is 0 Å². The number of ether oxygens (including phenoxy) is 1. The van der Waals surface area contributed by atoms with Crippen LogP contribution in [0.3, 0.4) is 0 Å². The van der Waals surface area contributed by atoms with Crippen molar-refractivity contribution in [3.8, 4) is 0 Å². The predicted octanol–water partition coefficient (Wildman–Crippen LogP) is 1.75. The average molecular weight is 379 g/mol. The number of carbonyl (C=O) groups is 1. The molecule has 1 aromatic heterocycles. The highest BCUT2D eigenvalue weighted by Crippen LogP contribution is 2.18. The topological polar surface area (TPSA) is 80.5 Å². The van der Waals surface area contributed by atoms with Gasteiger partial charge < -0.3 is 20.7 Å². The quantitative estimate of drug-likeness (QED) is 0.787. The van der Waals surface area contributed by atoms with E-state index in [1.807, 2.05) is 12.1 Å². The number of nitrogens with zero attached hydrogens (tertiary/aromatic N) is 2. The van der Waals surface area contributed by atoms with Gasteiger partial charge >= 0.3 is 0 Å². The predicted molar refractivity (Wildman–Crippen MR) is 101 cm³/mol. The molecule has 0 bridgehead atoms. The van der Waals surface area contributed by atoms with Gasteiger partial charge in [0.15, 0.2) is 0 Å². The standard InChI is InChI=1S/C16H26N4O2.2ClH/c1-12(2)10-14(17)16(21)19-11-13-4-3-5-18-15(13)20-6-8-22-9-7-20;;/h3-5,12,14H,6-11,17H2,1-2H3,(H,19,21);2*1H/t14-;;/m0../s1. The lowest BCUT2D eigenvalue weighted by molar-refractivity contribution is -0.122. The summed E-state index contributed by atoms with van der Waals surface area (Å²) in [5, 5.41) is 2.92. The van der Waals surface area contributed by atoms with Crippen molar-refractivity contribution in [1.29, 1.82) is 0 Å². The molecule has 1 aliphatic heterocycles. The van der Waals surface area contributed by atoms with Gasteiger partial charge in [-0.2, -0.15) is 0 Å². The minimum absolute atomic E-state index is 0. The third-order valence-corrected chi connectivity index (χ3v) is 3.69. The average Bonchev–Trinajstić information content (AvgIpc) is 2.53. The highest BCUT2D eigenvalue weighted by atomic mass is 35.5. The van der Waals surface area contributed by atoms with Gasteiger partial charge in [0, 0.05) is 31.4 Å². The van der Waals surface area contributed by atoms with Gasteiger partial charge in [-0.3, -0.25) is 4.79 Å². The number of carbonyl (C=O) groups excluding carboxylic acids is 1. The lowest BCUT2D eigenvalue weighted by Gasteiger charge is -2.29. The van der Waals surface area contributed by atoms with E-state index in [0.29, 0.717) is 32.1 Å². The Labute approximate surface area is 156 Å². The van der Waals surface area contributed by atoms with Gasteiger partial charge in [-0.05, 0) is 18.4 Å². The fourth-order valence-electron chi connectivity index (χ4n) is 2.56. The Bertz CT molecular complexity index is 497. The van der Waals surface area contributed by atoms with E-state index in [-0.39, 0.29) is 30.7 Å². The third-order valence-electron chi connectivity index (χ3n) is 3.69. The van der Waals surface area contributed by atoms with Gasteiger partial charge in [0.1, 0.15) is 5.82 Å². The van der Waals surface area contributed by atoms with E-state index in [2.05, 4.69) is 29.0 Å². The summed E-state index contributed by atoms with van der Waals surface area (Å²) in [6.07, 6.45) is 2.47. The summed E-state index contributed by atoms with van der Waals surface area (Å²) in [7, 11) is 0. The summed E-state index contributed by atoms with van der Waals surface area (Å²) in [6.45, 7) is 7.64. The third kappa shape index (κ3) is 6.81. The van der Waals surface area contributed by atoms with Crippen LogP contribution in [0.5, 0.6) is 0 Å². The lowest BCUT2D eigenvalue weighted by atomic mass is 10.0. The molecule has 1 aliphatic rings. The molecule has 138 valence electrons. The Kier molecular flexibility index (Phi) is 11.0. The molecule has 1 fully saturated rings. The van der Waals surface area contributed by atoms with Gasteiger partial charge in [-0.25, -0.2) is 4.98 Å². The van der Waals surface area contributed by atoms with Crippen LogP contribution in [0, 0.1) is 5.92 Å².